The molecule has 2 N–H and O–H groups in total. The topological polar surface area (TPSA) is 88.7 Å². The number of rotatable bonds is 6. The molecule has 0 saturated heterocycles. The molecule has 1 amide bonds. The molecule has 8 heteroatoms. The zero-order chi connectivity index (χ0) is 19.2. The number of hydrazone groups is 1. The first-order chi connectivity index (χ1) is 13.0. The van der Waals surface area contributed by atoms with Crippen molar-refractivity contribution in [3.05, 3.63) is 76.0 Å². The van der Waals surface area contributed by atoms with Crippen molar-refractivity contribution in [3.63, 3.8) is 0 Å². The van der Waals surface area contributed by atoms with Crippen LogP contribution in [0.15, 0.2) is 64.3 Å². The number of carbonyl (C=O) groups is 1. The average Bonchev–Trinajstić information content (AvgIpc) is 3.12. The van der Waals surface area contributed by atoms with E-state index in [2.05, 4.69) is 31.6 Å². The van der Waals surface area contributed by atoms with Gasteiger partial charge in [-0.05, 0) is 42.0 Å². The molecule has 3 rings (SSSR count). The number of hydrogen-bond acceptors (Lipinski definition) is 5. The van der Waals surface area contributed by atoms with Crippen molar-refractivity contribution in [1.29, 1.82) is 0 Å². The molecule has 2 aromatic carbocycles. The number of nitrogens with zero attached hydrogens (tertiary/aromatic N) is 3. The Balaban J connectivity index is 1.63. The van der Waals surface area contributed by atoms with Crippen LogP contribution >= 0.6 is 15.9 Å². The van der Waals surface area contributed by atoms with Gasteiger partial charge in [-0.3, -0.25) is 9.48 Å². The number of phenols is 1. The van der Waals surface area contributed by atoms with Crippen LogP contribution in [-0.2, 0) is 6.54 Å². The molecule has 27 heavy (non-hydrogen) atoms. The summed E-state index contributed by atoms with van der Waals surface area (Å²) in [6, 6.07) is 14.2. The molecule has 7 nitrogen and oxygen atoms in total. The van der Waals surface area contributed by atoms with Crippen molar-refractivity contribution in [2.24, 2.45) is 5.10 Å². The van der Waals surface area contributed by atoms with Gasteiger partial charge in [-0.1, -0.05) is 28.1 Å². The molecule has 1 heterocycles. The van der Waals surface area contributed by atoms with Crippen molar-refractivity contribution in [2.75, 3.05) is 7.11 Å². The number of hydrogen-bond donors (Lipinski definition) is 2. The highest BCUT2D eigenvalue weighted by molar-refractivity contribution is 9.10. The zero-order valence-corrected chi connectivity index (χ0v) is 16.0. The molecule has 0 aliphatic heterocycles. The fraction of sp³-hybridized carbons (Fsp3) is 0.105. The van der Waals surface area contributed by atoms with Gasteiger partial charge < -0.3 is 9.84 Å². The molecular weight excluding hydrogens is 412 g/mol. The first kappa shape index (κ1) is 18.7. The highest BCUT2D eigenvalue weighted by Crippen LogP contribution is 2.21. The molecule has 0 fully saturated rings. The molecule has 0 aliphatic rings. The summed E-state index contributed by atoms with van der Waals surface area (Å²) >= 11 is 3.43. The lowest BCUT2D eigenvalue weighted by Crippen LogP contribution is -2.18. The third kappa shape index (κ3) is 4.95. The normalized spacial score (nSPS) is 10.9. The SMILES string of the molecule is COc1ccc(O)c(/C=N/NC(=O)c2ccn(Cc3cccc(Br)c3)n2)c1. The van der Waals surface area contributed by atoms with Crippen molar-refractivity contribution in [1.82, 2.24) is 15.2 Å². The largest absolute Gasteiger partial charge is 0.507 e. The molecular formula is C19H17BrN4O3. The minimum atomic E-state index is -0.443. The maximum absolute atomic E-state index is 12.2. The Morgan fingerprint density at radius 3 is 2.96 bits per heavy atom. The Morgan fingerprint density at radius 2 is 2.19 bits per heavy atom. The number of nitrogens with one attached hydrogen (secondary N) is 1. The summed E-state index contributed by atoms with van der Waals surface area (Å²) in [5, 5.41) is 17.9. The fourth-order valence-electron chi connectivity index (χ4n) is 2.37. The van der Waals surface area contributed by atoms with Gasteiger partial charge in [-0.2, -0.15) is 10.2 Å². The highest BCUT2D eigenvalue weighted by Gasteiger charge is 2.09. The average molecular weight is 429 g/mol. The van der Waals surface area contributed by atoms with Gasteiger partial charge in [0, 0.05) is 16.2 Å². The first-order valence-electron chi connectivity index (χ1n) is 8.03. The van der Waals surface area contributed by atoms with E-state index in [1.54, 1.807) is 29.1 Å². The van der Waals surface area contributed by atoms with E-state index in [4.69, 9.17) is 4.74 Å². The van der Waals surface area contributed by atoms with Crippen LogP contribution in [0.2, 0.25) is 0 Å². The quantitative estimate of drug-likeness (QED) is 0.466. The van der Waals surface area contributed by atoms with Crippen LogP contribution in [0.5, 0.6) is 11.5 Å². The van der Waals surface area contributed by atoms with E-state index in [1.807, 2.05) is 24.3 Å². The van der Waals surface area contributed by atoms with Crippen LogP contribution in [0.25, 0.3) is 0 Å². The van der Waals surface area contributed by atoms with Crippen molar-refractivity contribution in [3.8, 4) is 11.5 Å². The Kier molecular flexibility index (Phi) is 5.87. The Bertz CT molecular complexity index is 985. The summed E-state index contributed by atoms with van der Waals surface area (Å²) in [5.74, 6) is 0.167. The Hall–Kier alpha value is -3.13. The molecule has 0 spiro atoms. The van der Waals surface area contributed by atoms with Crippen LogP contribution in [-0.4, -0.2) is 34.1 Å². The van der Waals surface area contributed by atoms with Gasteiger partial charge in [-0.25, -0.2) is 5.43 Å². The number of phenolic OH excluding ortho intramolecular Hbond substituents is 1. The minimum absolute atomic E-state index is 0.0344. The second-order valence-corrected chi connectivity index (χ2v) is 6.57. The summed E-state index contributed by atoms with van der Waals surface area (Å²) in [6.07, 6.45) is 3.07. The summed E-state index contributed by atoms with van der Waals surface area (Å²) < 4.78 is 7.75. The lowest BCUT2D eigenvalue weighted by Gasteiger charge is -2.03. The monoisotopic (exact) mass is 428 g/mol. The van der Waals surface area contributed by atoms with Gasteiger partial charge in [-0.15, -0.1) is 0 Å². The standard InChI is InChI=1S/C19H17BrN4O3/c1-27-16-5-6-18(25)14(10-16)11-21-22-19(26)17-7-8-24(23-17)12-13-3-2-4-15(20)9-13/h2-11,25H,12H2,1H3,(H,22,26)/b21-11+. The van der Waals surface area contributed by atoms with E-state index in [-0.39, 0.29) is 11.4 Å². The predicted octanol–water partition coefficient (Wildman–Crippen LogP) is 3.17. The summed E-state index contributed by atoms with van der Waals surface area (Å²) in [6.45, 7) is 0.549. The second-order valence-electron chi connectivity index (χ2n) is 5.65. The second kappa shape index (κ2) is 8.50. The van der Waals surface area contributed by atoms with Crippen LogP contribution in [0.1, 0.15) is 21.6 Å². The molecule has 3 aromatic rings. The van der Waals surface area contributed by atoms with Crippen LogP contribution in [0.3, 0.4) is 0 Å². The number of aromatic hydroxyl groups is 1. The molecule has 0 saturated carbocycles. The van der Waals surface area contributed by atoms with Crippen molar-refractivity contribution < 1.29 is 14.6 Å². The minimum Gasteiger partial charge on any atom is -0.507 e. The van der Waals surface area contributed by atoms with Gasteiger partial charge in [0.05, 0.1) is 19.9 Å². The van der Waals surface area contributed by atoms with Gasteiger partial charge in [0.25, 0.3) is 5.91 Å². The van der Waals surface area contributed by atoms with Gasteiger partial charge in [0.2, 0.25) is 0 Å². The molecule has 0 atom stereocenters. The molecule has 0 unspecified atom stereocenters. The number of benzene rings is 2. The maximum Gasteiger partial charge on any atom is 0.291 e. The zero-order valence-electron chi connectivity index (χ0n) is 14.5. The lowest BCUT2D eigenvalue weighted by atomic mass is 10.2. The number of aromatic nitrogens is 2. The molecule has 138 valence electrons. The van der Waals surface area contributed by atoms with E-state index in [0.29, 0.717) is 17.9 Å². The number of amides is 1. The molecule has 1 aromatic heterocycles. The third-order valence-electron chi connectivity index (χ3n) is 3.71. The fourth-order valence-corrected chi connectivity index (χ4v) is 2.82. The van der Waals surface area contributed by atoms with E-state index in [9.17, 15) is 9.90 Å². The van der Waals surface area contributed by atoms with Crippen LogP contribution in [0.4, 0.5) is 0 Å². The van der Waals surface area contributed by atoms with E-state index < -0.39 is 5.91 Å². The lowest BCUT2D eigenvalue weighted by molar-refractivity contribution is 0.0949. The van der Waals surface area contributed by atoms with Crippen molar-refractivity contribution in [2.45, 2.75) is 6.54 Å². The smallest absolute Gasteiger partial charge is 0.291 e. The van der Waals surface area contributed by atoms with E-state index in [0.717, 1.165) is 10.0 Å². The van der Waals surface area contributed by atoms with Crippen molar-refractivity contribution >= 4 is 28.1 Å². The Labute approximate surface area is 164 Å². The van der Waals surface area contributed by atoms with Crippen LogP contribution < -0.4 is 10.2 Å². The van der Waals surface area contributed by atoms with E-state index in [1.165, 1.54) is 19.4 Å². The highest BCUT2D eigenvalue weighted by atomic mass is 79.9. The van der Waals surface area contributed by atoms with Gasteiger partial charge in [0.1, 0.15) is 11.5 Å². The van der Waals surface area contributed by atoms with Gasteiger partial charge >= 0.3 is 0 Å². The number of ether oxygens (including phenoxy) is 1. The number of methoxy groups -OCH3 is 1. The first-order valence-corrected chi connectivity index (χ1v) is 8.83. The van der Waals surface area contributed by atoms with E-state index >= 15 is 0 Å². The van der Waals surface area contributed by atoms with Crippen LogP contribution in [0, 0.1) is 0 Å². The molecule has 0 aliphatic carbocycles. The number of carbonyl (C=O) groups excluding carboxylic acids is 1. The number of halogens is 1. The maximum atomic E-state index is 12.2. The van der Waals surface area contributed by atoms with Gasteiger partial charge in [0.15, 0.2) is 5.69 Å². The molecule has 0 bridgehead atoms. The molecule has 0 radical (unpaired) electrons. The Morgan fingerprint density at radius 1 is 1.33 bits per heavy atom. The summed E-state index contributed by atoms with van der Waals surface area (Å²) in [7, 11) is 1.53. The summed E-state index contributed by atoms with van der Waals surface area (Å²) in [4.78, 5) is 12.2. The summed E-state index contributed by atoms with van der Waals surface area (Å²) in [5.41, 5.74) is 4.13. The predicted molar refractivity (Wildman–Crippen MR) is 105 cm³/mol. The third-order valence-corrected chi connectivity index (χ3v) is 4.20.